The molecule has 0 saturated carbocycles. The van der Waals surface area contributed by atoms with E-state index in [-0.39, 0.29) is 24.3 Å². The van der Waals surface area contributed by atoms with E-state index in [1.807, 2.05) is 6.08 Å². The summed E-state index contributed by atoms with van der Waals surface area (Å²) in [5.74, 6) is 0.303. The Hall–Kier alpha value is -1.10. The summed E-state index contributed by atoms with van der Waals surface area (Å²) in [4.78, 5) is 2.32. The second kappa shape index (κ2) is 7.48. The Kier molecular flexibility index (Phi) is 6.28. The Bertz CT molecular complexity index is 422. The first-order valence-corrected chi connectivity index (χ1v) is 6.17. The average Bonchev–Trinajstić information content (AvgIpc) is 2.42. The van der Waals surface area contributed by atoms with E-state index in [2.05, 4.69) is 16.8 Å². The van der Waals surface area contributed by atoms with E-state index in [1.165, 1.54) is 12.1 Å². The third kappa shape index (κ3) is 3.69. The third-order valence-corrected chi connectivity index (χ3v) is 3.28. The van der Waals surface area contributed by atoms with E-state index in [0.717, 1.165) is 31.7 Å². The lowest BCUT2D eigenvalue weighted by Crippen LogP contribution is -2.44. The number of piperazine rings is 1. The van der Waals surface area contributed by atoms with Crippen molar-refractivity contribution in [3.05, 3.63) is 42.2 Å². The zero-order valence-electron chi connectivity index (χ0n) is 11.1. The van der Waals surface area contributed by atoms with Gasteiger partial charge in [0.25, 0.3) is 0 Å². The lowest BCUT2D eigenvalue weighted by Gasteiger charge is -2.34. The Morgan fingerprint density at radius 1 is 1.42 bits per heavy atom. The number of nitrogens with zero attached hydrogens (tertiary/aromatic N) is 1. The van der Waals surface area contributed by atoms with E-state index in [9.17, 15) is 4.39 Å². The number of hydrogen-bond donors (Lipinski definition) is 1. The lowest BCUT2D eigenvalue weighted by molar-refractivity contribution is 0.200. The summed E-state index contributed by atoms with van der Waals surface area (Å²) in [6.45, 7) is 7.74. The van der Waals surface area contributed by atoms with Crippen molar-refractivity contribution < 1.29 is 9.13 Å². The van der Waals surface area contributed by atoms with Crippen molar-refractivity contribution in [1.82, 2.24) is 10.2 Å². The third-order valence-electron chi connectivity index (χ3n) is 3.28. The van der Waals surface area contributed by atoms with Crippen molar-refractivity contribution in [3.8, 4) is 5.75 Å². The summed E-state index contributed by atoms with van der Waals surface area (Å²) in [5.41, 5.74) is 0.968. The molecule has 0 bridgehead atoms. The number of methoxy groups -OCH3 is 1. The summed E-state index contributed by atoms with van der Waals surface area (Å²) < 4.78 is 18.5. The van der Waals surface area contributed by atoms with E-state index in [4.69, 9.17) is 4.74 Å². The van der Waals surface area contributed by atoms with Crippen LogP contribution in [-0.4, -0.2) is 38.2 Å². The van der Waals surface area contributed by atoms with Crippen LogP contribution in [0.4, 0.5) is 4.39 Å². The van der Waals surface area contributed by atoms with Gasteiger partial charge < -0.3 is 10.1 Å². The van der Waals surface area contributed by atoms with Gasteiger partial charge >= 0.3 is 0 Å². The maximum atomic E-state index is 13.2. The Labute approximate surface area is 119 Å². The first-order chi connectivity index (χ1) is 8.76. The van der Waals surface area contributed by atoms with Crippen LogP contribution in [0.5, 0.6) is 5.75 Å². The average molecular weight is 287 g/mol. The minimum atomic E-state index is -0.279. The first kappa shape index (κ1) is 16.0. The molecule has 1 aromatic rings. The minimum absolute atomic E-state index is 0. The highest BCUT2D eigenvalue weighted by Gasteiger charge is 2.22. The van der Waals surface area contributed by atoms with Gasteiger partial charge in [0.2, 0.25) is 0 Å². The molecular formula is C14H20ClFN2O. The fourth-order valence-corrected chi connectivity index (χ4v) is 2.36. The number of nitrogens with one attached hydrogen (secondary N) is 1. The maximum absolute atomic E-state index is 13.2. The monoisotopic (exact) mass is 286 g/mol. The fraction of sp³-hybridized carbons (Fsp3) is 0.429. The molecule has 0 amide bonds. The highest BCUT2D eigenvalue weighted by Crippen LogP contribution is 2.31. The molecule has 0 aliphatic carbocycles. The van der Waals surface area contributed by atoms with Crippen LogP contribution in [0.15, 0.2) is 30.9 Å². The highest BCUT2D eigenvalue weighted by molar-refractivity contribution is 5.85. The van der Waals surface area contributed by atoms with Gasteiger partial charge in [0.15, 0.2) is 0 Å². The van der Waals surface area contributed by atoms with Crippen molar-refractivity contribution in [3.63, 3.8) is 0 Å². The van der Waals surface area contributed by atoms with Crippen LogP contribution < -0.4 is 10.1 Å². The molecule has 2 rings (SSSR count). The van der Waals surface area contributed by atoms with Crippen molar-refractivity contribution in [2.45, 2.75) is 6.04 Å². The molecule has 1 N–H and O–H groups in total. The molecule has 1 aromatic carbocycles. The summed E-state index contributed by atoms with van der Waals surface area (Å²) in [6, 6.07) is 4.75. The summed E-state index contributed by atoms with van der Waals surface area (Å²) in [7, 11) is 1.57. The SMILES string of the molecule is C=C[C@H](c1ccc(F)cc1OC)N1CCNCC1.Cl. The van der Waals surface area contributed by atoms with Gasteiger partial charge in [0.05, 0.1) is 13.2 Å². The Morgan fingerprint density at radius 2 is 2.11 bits per heavy atom. The summed E-state index contributed by atoms with van der Waals surface area (Å²) >= 11 is 0. The molecule has 1 fully saturated rings. The van der Waals surface area contributed by atoms with Crippen LogP contribution in [0.3, 0.4) is 0 Å². The van der Waals surface area contributed by atoms with E-state index in [0.29, 0.717) is 5.75 Å². The predicted molar refractivity (Wildman–Crippen MR) is 77.6 cm³/mol. The predicted octanol–water partition coefficient (Wildman–Crippen LogP) is 2.39. The number of ether oxygens (including phenoxy) is 1. The zero-order valence-corrected chi connectivity index (χ0v) is 11.9. The van der Waals surface area contributed by atoms with Crippen molar-refractivity contribution in [1.29, 1.82) is 0 Å². The van der Waals surface area contributed by atoms with Gasteiger partial charge in [-0.1, -0.05) is 12.1 Å². The molecule has 106 valence electrons. The molecule has 0 unspecified atom stereocenters. The smallest absolute Gasteiger partial charge is 0.126 e. The molecule has 0 aromatic heterocycles. The molecule has 5 heteroatoms. The van der Waals surface area contributed by atoms with Gasteiger partial charge in [-0.15, -0.1) is 19.0 Å². The van der Waals surface area contributed by atoms with Crippen LogP contribution in [0.2, 0.25) is 0 Å². The van der Waals surface area contributed by atoms with Crippen molar-refractivity contribution in [2.24, 2.45) is 0 Å². The number of rotatable bonds is 4. The first-order valence-electron chi connectivity index (χ1n) is 6.17. The van der Waals surface area contributed by atoms with Crippen molar-refractivity contribution >= 4 is 12.4 Å². The Morgan fingerprint density at radius 3 is 2.68 bits per heavy atom. The quantitative estimate of drug-likeness (QED) is 0.860. The molecule has 1 saturated heterocycles. The van der Waals surface area contributed by atoms with Gasteiger partial charge in [-0.05, 0) is 6.07 Å². The summed E-state index contributed by atoms with van der Waals surface area (Å²) in [6.07, 6.45) is 1.89. The van der Waals surface area contributed by atoms with E-state index < -0.39 is 0 Å². The molecule has 1 aliphatic heterocycles. The number of hydrogen-bond acceptors (Lipinski definition) is 3. The van der Waals surface area contributed by atoms with Crippen LogP contribution in [0.25, 0.3) is 0 Å². The van der Waals surface area contributed by atoms with E-state index in [1.54, 1.807) is 13.2 Å². The van der Waals surface area contributed by atoms with Gasteiger partial charge in [0, 0.05) is 37.8 Å². The molecule has 0 spiro atoms. The second-order valence-electron chi connectivity index (χ2n) is 4.35. The molecular weight excluding hydrogens is 267 g/mol. The Balaban J connectivity index is 0.00000180. The topological polar surface area (TPSA) is 24.5 Å². The normalized spacial score (nSPS) is 17.4. The largest absolute Gasteiger partial charge is 0.496 e. The molecule has 1 atom stereocenters. The van der Waals surface area contributed by atoms with E-state index >= 15 is 0 Å². The molecule has 1 heterocycles. The van der Waals surface area contributed by atoms with Gasteiger partial charge in [-0.3, -0.25) is 4.90 Å². The number of halogens is 2. The lowest BCUT2D eigenvalue weighted by atomic mass is 10.0. The molecule has 19 heavy (non-hydrogen) atoms. The molecule has 0 radical (unpaired) electrons. The van der Waals surface area contributed by atoms with Crippen LogP contribution in [-0.2, 0) is 0 Å². The van der Waals surface area contributed by atoms with Crippen LogP contribution in [0.1, 0.15) is 11.6 Å². The van der Waals surface area contributed by atoms with Gasteiger partial charge in [-0.2, -0.15) is 0 Å². The second-order valence-corrected chi connectivity index (χ2v) is 4.35. The molecule has 1 aliphatic rings. The van der Waals surface area contributed by atoms with Gasteiger partial charge in [-0.25, -0.2) is 4.39 Å². The van der Waals surface area contributed by atoms with Crippen molar-refractivity contribution in [2.75, 3.05) is 33.3 Å². The maximum Gasteiger partial charge on any atom is 0.126 e. The standard InChI is InChI=1S/C14H19FN2O.ClH/c1-3-13(17-8-6-16-7-9-17)12-5-4-11(15)10-14(12)18-2;/h3-5,10,13,16H,1,6-9H2,2H3;1H/t13-;/m1./s1. The van der Waals surface area contributed by atoms with Gasteiger partial charge in [0.1, 0.15) is 11.6 Å². The number of benzene rings is 1. The van der Waals surface area contributed by atoms with Crippen LogP contribution >= 0.6 is 12.4 Å². The highest BCUT2D eigenvalue weighted by atomic mass is 35.5. The summed E-state index contributed by atoms with van der Waals surface area (Å²) in [5, 5.41) is 3.32. The fourth-order valence-electron chi connectivity index (χ4n) is 2.36. The zero-order chi connectivity index (χ0) is 13.0. The molecule has 3 nitrogen and oxygen atoms in total. The van der Waals surface area contributed by atoms with Crippen LogP contribution in [0, 0.1) is 5.82 Å². The minimum Gasteiger partial charge on any atom is -0.496 e.